The quantitative estimate of drug-likeness (QED) is 0.228. The Balaban J connectivity index is 1.10. The number of nitrogens with zero attached hydrogens (tertiary/aromatic N) is 3. The molecule has 3 fully saturated rings. The van der Waals surface area contributed by atoms with Crippen molar-refractivity contribution in [2.75, 3.05) is 19.6 Å². The van der Waals surface area contributed by atoms with E-state index in [1.165, 1.54) is 35.7 Å². The first-order chi connectivity index (χ1) is 21.3. The molecule has 1 aromatic heterocycles. The third-order valence-electron chi connectivity index (χ3n) is 10.9. The Morgan fingerprint density at radius 3 is 2.41 bits per heavy atom. The minimum Gasteiger partial charge on any atom is -0.481 e. The maximum Gasteiger partial charge on any atom is 0.306 e. The summed E-state index contributed by atoms with van der Waals surface area (Å²) in [5.41, 5.74) is 6.23. The van der Waals surface area contributed by atoms with Crippen molar-refractivity contribution in [2.24, 2.45) is 23.7 Å². The van der Waals surface area contributed by atoms with Gasteiger partial charge in [-0.3, -0.25) is 9.48 Å². The van der Waals surface area contributed by atoms with E-state index >= 15 is 0 Å². The molecule has 1 aliphatic heterocycles. The zero-order chi connectivity index (χ0) is 30.8. The summed E-state index contributed by atoms with van der Waals surface area (Å²) in [5, 5.41) is 15.1. The first-order valence-corrected chi connectivity index (χ1v) is 17.1. The molecule has 6 rings (SSSR count). The molecule has 2 saturated carbocycles. The number of benzene rings is 2. The van der Waals surface area contributed by atoms with Gasteiger partial charge in [0.05, 0.1) is 11.6 Å². The van der Waals surface area contributed by atoms with Crippen LogP contribution in [0.4, 0.5) is 4.39 Å². The standard InChI is InChI=1S/C38H50FN3O2/c1-4-42-37(23-34(40-42)18-26-10-12-28(13-11-26)25(2)3)29-14-16-41(17-15-29)24-32-20-31(36(38(43)44)19-27-8-9-27)22-35(32)30-6-5-7-33(39)21-30/h5-7,10-13,21,23,25,27,29,31-32,35-36H,4,8-9,14-20,22,24H2,1-3H3,(H,43,44)/t31?,32-,35-,36?/m1/s1. The number of halogens is 1. The van der Waals surface area contributed by atoms with E-state index in [0.29, 0.717) is 23.7 Å². The molecule has 0 bridgehead atoms. The highest BCUT2D eigenvalue weighted by Gasteiger charge is 2.43. The van der Waals surface area contributed by atoms with Gasteiger partial charge in [-0.2, -0.15) is 5.10 Å². The van der Waals surface area contributed by atoms with E-state index in [2.05, 4.69) is 60.7 Å². The molecule has 5 nitrogen and oxygen atoms in total. The van der Waals surface area contributed by atoms with Gasteiger partial charge in [-0.15, -0.1) is 0 Å². The number of hydrogen-bond acceptors (Lipinski definition) is 3. The van der Waals surface area contributed by atoms with E-state index in [-0.39, 0.29) is 23.6 Å². The van der Waals surface area contributed by atoms with Crippen LogP contribution in [-0.4, -0.2) is 45.4 Å². The molecule has 2 heterocycles. The lowest BCUT2D eigenvalue weighted by atomic mass is 9.85. The second-order valence-corrected chi connectivity index (χ2v) is 14.3. The maximum absolute atomic E-state index is 14.3. The van der Waals surface area contributed by atoms with Gasteiger partial charge in [0, 0.05) is 31.1 Å². The summed E-state index contributed by atoms with van der Waals surface area (Å²) in [6.45, 7) is 10.6. The highest BCUT2D eigenvalue weighted by atomic mass is 19.1. The smallest absolute Gasteiger partial charge is 0.306 e. The third-order valence-corrected chi connectivity index (χ3v) is 10.9. The molecule has 3 aromatic rings. The molecule has 236 valence electrons. The molecule has 3 aliphatic rings. The molecule has 1 N–H and O–H groups in total. The van der Waals surface area contributed by atoms with Crippen molar-refractivity contribution >= 4 is 5.97 Å². The number of aromatic nitrogens is 2. The number of carboxylic acid groups (broad SMARTS) is 1. The third kappa shape index (κ3) is 7.28. The van der Waals surface area contributed by atoms with Crippen molar-refractivity contribution in [3.05, 3.63) is 88.5 Å². The van der Waals surface area contributed by atoms with Gasteiger partial charge in [0.25, 0.3) is 0 Å². The maximum atomic E-state index is 14.3. The number of carboxylic acids is 1. The number of aliphatic carboxylic acids is 1. The minimum absolute atomic E-state index is 0.169. The van der Waals surface area contributed by atoms with Crippen LogP contribution in [0.3, 0.4) is 0 Å². The molecule has 2 unspecified atom stereocenters. The van der Waals surface area contributed by atoms with Crippen LogP contribution in [0.1, 0.15) is 112 Å². The molecule has 0 amide bonds. The van der Waals surface area contributed by atoms with Crippen molar-refractivity contribution in [2.45, 2.75) is 96.4 Å². The van der Waals surface area contributed by atoms with Crippen LogP contribution in [0.15, 0.2) is 54.6 Å². The molecule has 2 aliphatic carbocycles. The molecule has 0 radical (unpaired) electrons. The fourth-order valence-electron chi connectivity index (χ4n) is 8.18. The number of aryl methyl sites for hydroxylation is 1. The fourth-order valence-corrected chi connectivity index (χ4v) is 8.18. The average molecular weight is 600 g/mol. The Bertz CT molecular complexity index is 1400. The van der Waals surface area contributed by atoms with Crippen LogP contribution in [0.25, 0.3) is 0 Å². The second-order valence-electron chi connectivity index (χ2n) is 14.3. The highest BCUT2D eigenvalue weighted by Crippen LogP contribution is 2.49. The van der Waals surface area contributed by atoms with E-state index in [1.807, 2.05) is 12.1 Å². The first kappa shape index (κ1) is 31.0. The minimum atomic E-state index is -0.638. The monoisotopic (exact) mass is 599 g/mol. The summed E-state index contributed by atoms with van der Waals surface area (Å²) in [7, 11) is 0. The van der Waals surface area contributed by atoms with Crippen molar-refractivity contribution in [3.63, 3.8) is 0 Å². The van der Waals surface area contributed by atoms with Gasteiger partial charge in [0.2, 0.25) is 0 Å². The van der Waals surface area contributed by atoms with Gasteiger partial charge >= 0.3 is 5.97 Å². The number of rotatable bonds is 12. The zero-order valence-electron chi connectivity index (χ0n) is 26.8. The molecule has 2 aromatic carbocycles. The van der Waals surface area contributed by atoms with E-state index < -0.39 is 5.97 Å². The zero-order valence-corrected chi connectivity index (χ0v) is 26.8. The summed E-state index contributed by atoms with van der Waals surface area (Å²) >= 11 is 0. The molecule has 0 spiro atoms. The van der Waals surface area contributed by atoms with Gasteiger partial charge in [-0.05, 0) is 117 Å². The first-order valence-electron chi connectivity index (χ1n) is 17.1. The number of likely N-dealkylation sites (tertiary alicyclic amines) is 1. The van der Waals surface area contributed by atoms with Crippen LogP contribution < -0.4 is 0 Å². The van der Waals surface area contributed by atoms with E-state index in [9.17, 15) is 14.3 Å². The second kappa shape index (κ2) is 13.6. The predicted octanol–water partition coefficient (Wildman–Crippen LogP) is 8.25. The van der Waals surface area contributed by atoms with Crippen molar-refractivity contribution < 1.29 is 14.3 Å². The number of piperidine rings is 1. The predicted molar refractivity (Wildman–Crippen MR) is 173 cm³/mol. The molecular formula is C38H50FN3O2. The molecular weight excluding hydrogens is 549 g/mol. The fraction of sp³-hybridized carbons (Fsp3) is 0.579. The molecule has 4 atom stereocenters. The summed E-state index contributed by atoms with van der Waals surface area (Å²) in [4.78, 5) is 14.9. The van der Waals surface area contributed by atoms with E-state index in [1.54, 1.807) is 6.07 Å². The number of carbonyl (C=O) groups is 1. The van der Waals surface area contributed by atoms with Gasteiger partial charge in [0.1, 0.15) is 5.82 Å². The van der Waals surface area contributed by atoms with E-state index in [0.717, 1.165) is 76.0 Å². The van der Waals surface area contributed by atoms with E-state index in [4.69, 9.17) is 5.10 Å². The summed E-state index contributed by atoms with van der Waals surface area (Å²) in [6.07, 6.45) is 8.01. The normalized spacial score (nSPS) is 23.8. The van der Waals surface area contributed by atoms with Crippen molar-refractivity contribution in [1.82, 2.24) is 14.7 Å². The molecule has 6 heteroatoms. The topological polar surface area (TPSA) is 58.4 Å². The van der Waals surface area contributed by atoms with Crippen LogP contribution >= 0.6 is 0 Å². The summed E-state index contributed by atoms with van der Waals surface area (Å²) in [5.74, 6) is 1.26. The lowest BCUT2D eigenvalue weighted by Gasteiger charge is -2.35. The average Bonchev–Trinajstić information content (AvgIpc) is 3.61. The Hall–Kier alpha value is -2.99. The highest BCUT2D eigenvalue weighted by molar-refractivity contribution is 5.70. The SMILES string of the molecule is CCn1nc(Cc2ccc(C(C)C)cc2)cc1C1CCN(C[C@H]2CC(C(CC3CC3)C(=O)O)C[C@@H]2c2cccc(F)c2)CC1. The largest absolute Gasteiger partial charge is 0.481 e. The van der Waals surface area contributed by atoms with Crippen LogP contribution in [-0.2, 0) is 17.8 Å². The lowest BCUT2D eigenvalue weighted by molar-refractivity contribution is -0.144. The van der Waals surface area contributed by atoms with Gasteiger partial charge in [0.15, 0.2) is 0 Å². The van der Waals surface area contributed by atoms with Gasteiger partial charge < -0.3 is 10.0 Å². The summed E-state index contributed by atoms with van der Waals surface area (Å²) < 4.78 is 16.5. The molecule has 44 heavy (non-hydrogen) atoms. The Morgan fingerprint density at radius 2 is 1.77 bits per heavy atom. The van der Waals surface area contributed by atoms with Crippen LogP contribution in [0.2, 0.25) is 0 Å². The number of hydrogen-bond donors (Lipinski definition) is 1. The Morgan fingerprint density at radius 1 is 1.02 bits per heavy atom. The van der Waals surface area contributed by atoms with Crippen LogP contribution in [0.5, 0.6) is 0 Å². The van der Waals surface area contributed by atoms with Crippen LogP contribution in [0, 0.1) is 29.5 Å². The van der Waals surface area contributed by atoms with Gasteiger partial charge in [-0.1, -0.05) is 63.1 Å². The van der Waals surface area contributed by atoms with Gasteiger partial charge in [-0.25, -0.2) is 4.39 Å². The lowest BCUT2D eigenvalue weighted by Crippen LogP contribution is -2.37. The summed E-state index contributed by atoms with van der Waals surface area (Å²) in [6, 6.07) is 18.4. The Labute approximate surface area is 262 Å². The van der Waals surface area contributed by atoms with Crippen molar-refractivity contribution in [3.8, 4) is 0 Å². The van der Waals surface area contributed by atoms with Crippen molar-refractivity contribution in [1.29, 1.82) is 0 Å². The Kier molecular flexibility index (Phi) is 9.56. The molecule has 1 saturated heterocycles.